The van der Waals surface area contributed by atoms with Gasteiger partial charge in [-0.3, -0.25) is 4.79 Å². The van der Waals surface area contributed by atoms with E-state index in [1.54, 1.807) is 0 Å². The molecule has 1 saturated heterocycles. The van der Waals surface area contributed by atoms with Crippen LogP contribution >= 0.6 is 0 Å². The molecule has 2 rings (SSSR count). The number of nitrogens with two attached hydrogens (primary N) is 1. The van der Waals surface area contributed by atoms with Crippen molar-refractivity contribution in [2.24, 2.45) is 11.1 Å². The highest BCUT2D eigenvalue weighted by Gasteiger charge is 2.64. The number of carboxylic acids is 1. The van der Waals surface area contributed by atoms with Gasteiger partial charge in [0.2, 0.25) is 5.91 Å². The van der Waals surface area contributed by atoms with Crippen LogP contribution in [0.4, 0.5) is 0 Å². The number of hydrogen-bond acceptors (Lipinski definition) is 4. The number of carbonyl (C=O) groups excluding carboxylic acids is 1. The maximum atomic E-state index is 12.7. The predicted molar refractivity (Wildman–Crippen MR) is 73.1 cm³/mol. The molecule has 0 radical (unpaired) electrons. The second-order valence-corrected chi connectivity index (χ2v) is 6.34. The Labute approximate surface area is 119 Å². The predicted octanol–water partition coefficient (Wildman–Crippen LogP) is 0.595. The molecule has 0 aromatic rings. The van der Waals surface area contributed by atoms with Gasteiger partial charge in [0, 0.05) is 25.0 Å². The number of carboxylic acid groups (broad SMARTS) is 1. The Morgan fingerprint density at radius 3 is 2.60 bits per heavy atom. The third-order valence-electron chi connectivity index (χ3n) is 5.01. The summed E-state index contributed by atoms with van der Waals surface area (Å²) in [7, 11) is 0. The zero-order chi connectivity index (χ0) is 15.1. The number of nitrogens with zero attached hydrogens (tertiary/aromatic N) is 1. The Morgan fingerprint density at radius 1 is 1.45 bits per heavy atom. The number of rotatable bonds is 4. The van der Waals surface area contributed by atoms with Gasteiger partial charge >= 0.3 is 5.97 Å². The second kappa shape index (κ2) is 5.00. The molecule has 6 heteroatoms. The summed E-state index contributed by atoms with van der Waals surface area (Å²) in [5, 5.41) is 9.20. The normalized spacial score (nSPS) is 35.7. The summed E-state index contributed by atoms with van der Waals surface area (Å²) in [6.07, 6.45) is 1.63. The van der Waals surface area contributed by atoms with Crippen LogP contribution in [-0.4, -0.2) is 52.7 Å². The van der Waals surface area contributed by atoms with E-state index >= 15 is 0 Å². The maximum Gasteiger partial charge on any atom is 0.326 e. The molecule has 0 aromatic carbocycles. The topological polar surface area (TPSA) is 92.9 Å². The van der Waals surface area contributed by atoms with Crippen molar-refractivity contribution < 1.29 is 19.4 Å². The maximum absolute atomic E-state index is 12.7. The van der Waals surface area contributed by atoms with E-state index in [9.17, 15) is 14.7 Å². The first-order valence-corrected chi connectivity index (χ1v) is 7.20. The zero-order valence-electron chi connectivity index (χ0n) is 12.4. The lowest BCUT2D eigenvalue weighted by Crippen LogP contribution is -2.76. The highest BCUT2D eigenvalue weighted by atomic mass is 16.5. The molecule has 2 unspecified atom stereocenters. The molecular weight excluding hydrogens is 260 g/mol. The molecule has 2 fully saturated rings. The van der Waals surface area contributed by atoms with Gasteiger partial charge in [0.15, 0.2) is 0 Å². The Morgan fingerprint density at radius 2 is 2.10 bits per heavy atom. The number of aliphatic carboxylic acids is 1. The lowest BCUT2D eigenvalue weighted by Gasteiger charge is -2.58. The lowest BCUT2D eigenvalue weighted by atomic mass is 9.54. The van der Waals surface area contributed by atoms with Crippen molar-refractivity contribution >= 4 is 11.9 Å². The highest BCUT2D eigenvalue weighted by Crippen LogP contribution is 2.51. The molecule has 1 amide bonds. The average Bonchev–Trinajstić information content (AvgIpc) is 2.86. The smallest absolute Gasteiger partial charge is 0.326 e. The van der Waals surface area contributed by atoms with Crippen LogP contribution < -0.4 is 5.73 Å². The van der Waals surface area contributed by atoms with Crippen LogP contribution in [0.2, 0.25) is 0 Å². The SMILES string of the molecule is CCOC1CC(N)(C(=O)N2CCC[C@H]2C(=O)O)C1(C)C. The van der Waals surface area contributed by atoms with Crippen molar-refractivity contribution in [3.05, 3.63) is 0 Å². The summed E-state index contributed by atoms with van der Waals surface area (Å²) in [5.74, 6) is -1.19. The van der Waals surface area contributed by atoms with Gasteiger partial charge < -0.3 is 20.5 Å². The van der Waals surface area contributed by atoms with Crippen LogP contribution in [0, 0.1) is 5.41 Å². The van der Waals surface area contributed by atoms with Gasteiger partial charge in [-0.2, -0.15) is 0 Å². The minimum atomic E-state index is -1.02. The lowest BCUT2D eigenvalue weighted by molar-refractivity contribution is -0.181. The summed E-state index contributed by atoms with van der Waals surface area (Å²) in [6, 6.07) is -0.732. The van der Waals surface area contributed by atoms with Crippen molar-refractivity contribution in [2.45, 2.75) is 57.7 Å². The van der Waals surface area contributed by atoms with Crippen LogP contribution in [0.3, 0.4) is 0 Å². The summed E-state index contributed by atoms with van der Waals surface area (Å²) in [6.45, 7) is 6.81. The van der Waals surface area contributed by atoms with Gasteiger partial charge in [0.1, 0.15) is 11.6 Å². The third kappa shape index (κ3) is 2.02. The van der Waals surface area contributed by atoms with Crippen LogP contribution in [0.1, 0.15) is 40.0 Å². The number of likely N-dealkylation sites (tertiary alicyclic amines) is 1. The van der Waals surface area contributed by atoms with Crippen molar-refractivity contribution in [1.82, 2.24) is 4.90 Å². The minimum absolute atomic E-state index is 0.0488. The van der Waals surface area contributed by atoms with E-state index in [4.69, 9.17) is 10.5 Å². The van der Waals surface area contributed by atoms with Crippen molar-refractivity contribution in [3.63, 3.8) is 0 Å². The molecule has 1 aliphatic carbocycles. The van der Waals surface area contributed by atoms with E-state index < -0.39 is 23.0 Å². The Bertz CT molecular complexity index is 423. The molecule has 2 aliphatic rings. The standard InChI is InChI=1S/C14H24N2O4/c1-4-20-10-8-14(15,13(10,2)3)12(19)16-7-5-6-9(16)11(17)18/h9-10H,4-8,15H2,1-3H3,(H,17,18)/t9-,10?,14?/m0/s1. The molecule has 1 saturated carbocycles. The van der Waals surface area contributed by atoms with E-state index in [1.165, 1.54) is 4.90 Å². The molecule has 0 bridgehead atoms. The first-order valence-electron chi connectivity index (χ1n) is 7.20. The van der Waals surface area contributed by atoms with Crippen molar-refractivity contribution in [3.8, 4) is 0 Å². The number of amides is 1. The van der Waals surface area contributed by atoms with Crippen LogP contribution in [0.15, 0.2) is 0 Å². The number of carbonyl (C=O) groups is 2. The molecule has 0 aromatic heterocycles. The molecular formula is C14H24N2O4. The number of hydrogen-bond donors (Lipinski definition) is 2. The quantitative estimate of drug-likeness (QED) is 0.788. The Balaban J connectivity index is 2.15. The molecule has 1 heterocycles. The molecule has 1 aliphatic heterocycles. The fourth-order valence-corrected chi connectivity index (χ4v) is 3.32. The van der Waals surface area contributed by atoms with Crippen LogP contribution in [0.25, 0.3) is 0 Å². The highest BCUT2D eigenvalue weighted by molar-refractivity contribution is 5.92. The van der Waals surface area contributed by atoms with Crippen LogP contribution in [0.5, 0.6) is 0 Å². The van der Waals surface area contributed by atoms with Gasteiger partial charge in [0.05, 0.1) is 6.10 Å². The Kier molecular flexibility index (Phi) is 3.81. The van der Waals surface area contributed by atoms with Gasteiger partial charge in [-0.05, 0) is 19.8 Å². The van der Waals surface area contributed by atoms with Crippen LogP contribution in [-0.2, 0) is 14.3 Å². The fraction of sp³-hybridized carbons (Fsp3) is 0.857. The van der Waals surface area contributed by atoms with E-state index in [0.717, 1.165) is 0 Å². The van der Waals surface area contributed by atoms with Gasteiger partial charge in [0.25, 0.3) is 0 Å². The van der Waals surface area contributed by atoms with Crippen molar-refractivity contribution in [1.29, 1.82) is 0 Å². The van der Waals surface area contributed by atoms with Gasteiger partial charge in [-0.1, -0.05) is 13.8 Å². The van der Waals surface area contributed by atoms with E-state index in [1.807, 2.05) is 20.8 Å². The largest absolute Gasteiger partial charge is 0.480 e. The number of ether oxygens (including phenoxy) is 1. The summed E-state index contributed by atoms with van der Waals surface area (Å²) in [4.78, 5) is 25.4. The average molecular weight is 284 g/mol. The van der Waals surface area contributed by atoms with Gasteiger partial charge in [-0.15, -0.1) is 0 Å². The monoisotopic (exact) mass is 284 g/mol. The first kappa shape index (κ1) is 15.3. The van der Waals surface area contributed by atoms with E-state index in [0.29, 0.717) is 32.4 Å². The van der Waals surface area contributed by atoms with Gasteiger partial charge in [-0.25, -0.2) is 4.79 Å². The molecule has 20 heavy (non-hydrogen) atoms. The van der Waals surface area contributed by atoms with Crippen molar-refractivity contribution in [2.75, 3.05) is 13.2 Å². The molecule has 3 atom stereocenters. The fourth-order valence-electron chi connectivity index (χ4n) is 3.32. The molecule has 0 spiro atoms. The van der Waals surface area contributed by atoms with E-state index in [-0.39, 0.29) is 12.0 Å². The molecule has 114 valence electrons. The summed E-state index contributed by atoms with van der Waals surface area (Å²) >= 11 is 0. The molecule has 3 N–H and O–H groups in total. The Hall–Kier alpha value is -1.14. The summed E-state index contributed by atoms with van der Waals surface area (Å²) < 4.78 is 5.61. The third-order valence-corrected chi connectivity index (χ3v) is 5.01. The first-order chi connectivity index (χ1) is 9.25. The van der Waals surface area contributed by atoms with E-state index in [2.05, 4.69) is 0 Å². The second-order valence-electron chi connectivity index (χ2n) is 6.34. The summed E-state index contributed by atoms with van der Waals surface area (Å²) in [5.41, 5.74) is 4.82. The minimum Gasteiger partial charge on any atom is -0.480 e. The molecule has 6 nitrogen and oxygen atoms in total. The zero-order valence-corrected chi connectivity index (χ0v) is 12.4.